The van der Waals surface area contributed by atoms with Gasteiger partial charge in [-0.3, -0.25) is 0 Å². The molecule has 0 fully saturated rings. The molecule has 0 unspecified atom stereocenters. The zero-order chi connectivity index (χ0) is 41.6. The normalized spacial score (nSPS) is 15.0. The Morgan fingerprint density at radius 3 is 0.855 bits per heavy atom. The first-order valence-corrected chi connectivity index (χ1v) is 23.0. The number of hydrogen-bond acceptors (Lipinski definition) is 0. The number of halogens is 3. The molecule has 294 valence electrons. The van der Waals surface area contributed by atoms with Crippen LogP contribution in [0.5, 0.6) is 0 Å². The van der Waals surface area contributed by atoms with Crippen molar-refractivity contribution in [3.05, 3.63) is 256 Å². The molecule has 0 bridgehead atoms. The van der Waals surface area contributed by atoms with E-state index in [1.165, 1.54) is 90.0 Å². The lowest BCUT2D eigenvalue weighted by atomic mass is 9.70. The molecule has 2 spiro atoms. The monoisotopic (exact) mass is 820 g/mol. The van der Waals surface area contributed by atoms with Gasteiger partial charge in [0.15, 0.2) is 0 Å². The van der Waals surface area contributed by atoms with E-state index in [0.29, 0.717) is 0 Å². The fourth-order valence-corrected chi connectivity index (χ4v) is 14.9. The third-order valence-corrected chi connectivity index (χ3v) is 18.0. The van der Waals surface area contributed by atoms with Gasteiger partial charge in [0.2, 0.25) is 0 Å². The third-order valence-electron chi connectivity index (χ3n) is 14.5. The van der Waals surface area contributed by atoms with Crippen LogP contribution in [0, 0.1) is 0 Å². The van der Waals surface area contributed by atoms with Gasteiger partial charge in [-0.1, -0.05) is 188 Å². The van der Waals surface area contributed by atoms with E-state index in [1.54, 1.807) is 12.1 Å². The zero-order valence-electron chi connectivity index (χ0n) is 33.4. The van der Waals surface area contributed by atoms with E-state index in [2.05, 4.69) is 182 Å². The van der Waals surface area contributed by atoms with Crippen LogP contribution in [0.4, 0.5) is 13.2 Å². The van der Waals surface area contributed by atoms with Crippen LogP contribution in [0.3, 0.4) is 0 Å². The average Bonchev–Trinajstić information content (AvgIpc) is 4.00. The molecular weight excluding hydrogens is 785 g/mol. The topological polar surface area (TPSA) is 0 Å². The molecule has 9 aromatic carbocycles. The molecule has 0 aromatic heterocycles. The maximum absolute atomic E-state index is 14.2. The maximum atomic E-state index is 14.2. The third kappa shape index (κ3) is 4.29. The molecule has 0 nitrogen and oxygen atoms in total. The molecule has 0 saturated carbocycles. The summed E-state index contributed by atoms with van der Waals surface area (Å²) >= 11 is 0. The van der Waals surface area contributed by atoms with Crippen LogP contribution in [-0.2, 0) is 17.0 Å². The van der Waals surface area contributed by atoms with Crippen molar-refractivity contribution in [1.82, 2.24) is 0 Å². The molecule has 0 amide bonds. The Morgan fingerprint density at radius 1 is 0.306 bits per heavy atom. The Morgan fingerprint density at radius 2 is 0.565 bits per heavy atom. The molecule has 4 aliphatic rings. The SMILES string of the molecule is C=P(c1ccc(C(F)(F)F)cc1)(c1ccc2c(c1)C1(c3ccccc3-c3ccccc31)c1ccccc1-2)c1ccc2c(c1)C1(c3ccccc3-c3ccccc31)c1ccccc1-2. The van der Waals surface area contributed by atoms with Crippen molar-refractivity contribution in [2.75, 3.05) is 0 Å². The van der Waals surface area contributed by atoms with Crippen molar-refractivity contribution in [1.29, 1.82) is 0 Å². The van der Waals surface area contributed by atoms with E-state index in [0.717, 1.165) is 27.0 Å². The predicted molar refractivity (Wildman–Crippen MR) is 250 cm³/mol. The Labute approximate surface area is 358 Å². The van der Waals surface area contributed by atoms with Crippen molar-refractivity contribution in [3.8, 4) is 44.5 Å². The first-order valence-electron chi connectivity index (χ1n) is 21.1. The minimum atomic E-state index is -4.47. The molecule has 13 rings (SSSR count). The number of hydrogen-bond donors (Lipinski definition) is 0. The lowest BCUT2D eigenvalue weighted by Crippen LogP contribution is -2.31. The van der Waals surface area contributed by atoms with Gasteiger partial charge in [0.1, 0.15) is 0 Å². The summed E-state index contributed by atoms with van der Waals surface area (Å²) in [6.45, 7) is -2.92. The summed E-state index contributed by atoms with van der Waals surface area (Å²) in [6, 6.07) is 71.9. The fraction of sp³-hybridized carbons (Fsp3) is 0.0517. The molecule has 0 N–H and O–H groups in total. The van der Waals surface area contributed by atoms with Crippen LogP contribution in [0.2, 0.25) is 0 Å². The largest absolute Gasteiger partial charge is 0.416 e. The maximum Gasteiger partial charge on any atom is 0.416 e. The van der Waals surface area contributed by atoms with Crippen LogP contribution < -0.4 is 15.9 Å². The van der Waals surface area contributed by atoms with Crippen LogP contribution in [-0.4, -0.2) is 6.30 Å². The number of rotatable bonds is 3. The lowest BCUT2D eigenvalue weighted by molar-refractivity contribution is -0.137. The summed E-state index contributed by atoms with van der Waals surface area (Å²) in [7, 11) is 0. The average molecular weight is 821 g/mol. The summed E-state index contributed by atoms with van der Waals surface area (Å²) in [4.78, 5) is 0. The second-order valence-corrected chi connectivity index (χ2v) is 20.3. The van der Waals surface area contributed by atoms with Gasteiger partial charge in [-0.05, 0) is 136 Å². The minimum absolute atomic E-state index is 0.582. The van der Waals surface area contributed by atoms with Crippen molar-refractivity contribution >= 4 is 29.1 Å². The van der Waals surface area contributed by atoms with Crippen LogP contribution >= 0.6 is 6.89 Å². The van der Waals surface area contributed by atoms with E-state index in [1.807, 2.05) is 0 Å². The predicted octanol–water partition coefficient (Wildman–Crippen LogP) is 13.1. The van der Waals surface area contributed by atoms with Crippen molar-refractivity contribution in [2.45, 2.75) is 17.0 Å². The highest BCUT2D eigenvalue weighted by molar-refractivity contribution is 7.93. The molecule has 0 aliphatic heterocycles. The number of alkyl halides is 3. The Hall–Kier alpha value is -6.93. The van der Waals surface area contributed by atoms with E-state index < -0.39 is 29.5 Å². The second kappa shape index (κ2) is 12.3. The van der Waals surface area contributed by atoms with Gasteiger partial charge in [0, 0.05) is 0 Å². The molecule has 0 atom stereocenters. The molecule has 0 radical (unpaired) electrons. The molecule has 0 heterocycles. The number of fused-ring (bicyclic) bond motifs is 20. The number of benzene rings is 9. The van der Waals surface area contributed by atoms with Gasteiger partial charge >= 0.3 is 6.18 Å². The smallest absolute Gasteiger partial charge is 0.166 e. The molecule has 9 aromatic rings. The van der Waals surface area contributed by atoms with Gasteiger partial charge in [-0.15, -0.1) is 0 Å². The summed E-state index contributed by atoms with van der Waals surface area (Å²) in [5, 5.41) is 2.82. The van der Waals surface area contributed by atoms with Gasteiger partial charge in [-0.2, -0.15) is 13.2 Å². The molecule has 0 saturated heterocycles. The summed E-state index contributed by atoms with van der Waals surface area (Å²) in [5.41, 5.74) is 17.5. The van der Waals surface area contributed by atoms with Crippen LogP contribution in [0.15, 0.2) is 206 Å². The van der Waals surface area contributed by atoms with E-state index in [9.17, 15) is 13.2 Å². The van der Waals surface area contributed by atoms with Gasteiger partial charge in [-0.25, -0.2) is 0 Å². The Kier molecular flexibility index (Phi) is 7.13. The highest BCUT2D eigenvalue weighted by Gasteiger charge is 2.53. The fourth-order valence-electron chi connectivity index (χ4n) is 12.0. The lowest BCUT2D eigenvalue weighted by Gasteiger charge is -2.34. The highest BCUT2D eigenvalue weighted by Crippen LogP contribution is 2.65. The Balaban J connectivity index is 1.11. The zero-order valence-corrected chi connectivity index (χ0v) is 34.3. The minimum Gasteiger partial charge on any atom is -0.166 e. The standard InChI is InChI=1S/C58H36F3P/c1-62(37-28-26-36(27-29-37)58(59,60)61,38-30-32-46-44-18-6-12-24-52(44)56(54(46)34-38)48-20-8-2-14-40(48)41-15-3-9-21-49(41)56)39-31-33-47-45-19-7-13-25-53(45)57(55(47)35-39)50-22-10-4-16-42(50)43-17-5-11-23-51(43)57/h2-35H,1H2. The van der Waals surface area contributed by atoms with Gasteiger partial charge in [0.25, 0.3) is 0 Å². The molecule has 4 aliphatic carbocycles. The molecule has 62 heavy (non-hydrogen) atoms. The van der Waals surface area contributed by atoms with Crippen LogP contribution in [0.1, 0.15) is 50.1 Å². The van der Waals surface area contributed by atoms with E-state index in [-0.39, 0.29) is 0 Å². The van der Waals surface area contributed by atoms with Gasteiger partial charge in [0.05, 0.1) is 16.4 Å². The summed E-state index contributed by atoms with van der Waals surface area (Å²) in [5.74, 6) is 0. The van der Waals surface area contributed by atoms with Crippen LogP contribution in [0.25, 0.3) is 44.5 Å². The van der Waals surface area contributed by atoms with Crippen molar-refractivity contribution in [3.63, 3.8) is 0 Å². The first-order chi connectivity index (χ1) is 30.3. The quantitative estimate of drug-likeness (QED) is 0.156. The van der Waals surface area contributed by atoms with Gasteiger partial charge < -0.3 is 0 Å². The highest BCUT2D eigenvalue weighted by atomic mass is 31.2. The molecular formula is C58H36F3P. The molecule has 4 heteroatoms. The van der Waals surface area contributed by atoms with Crippen molar-refractivity contribution < 1.29 is 13.2 Å². The van der Waals surface area contributed by atoms with E-state index >= 15 is 0 Å². The van der Waals surface area contributed by atoms with Crippen molar-refractivity contribution in [2.24, 2.45) is 0 Å². The first kappa shape index (κ1) is 35.8. The van der Waals surface area contributed by atoms with E-state index in [4.69, 9.17) is 6.30 Å². The Bertz CT molecular complexity index is 3120. The second-order valence-electron chi connectivity index (χ2n) is 17.1. The summed E-state index contributed by atoms with van der Waals surface area (Å²) < 4.78 is 42.7. The summed E-state index contributed by atoms with van der Waals surface area (Å²) in [6.07, 6.45) is 0.791.